The molecule has 0 bridgehead atoms. The van der Waals surface area contributed by atoms with Gasteiger partial charge in [0, 0.05) is 12.6 Å². The zero-order valence-corrected chi connectivity index (χ0v) is 10.1. The van der Waals surface area contributed by atoms with Crippen molar-refractivity contribution in [1.82, 2.24) is 5.32 Å². The fourth-order valence-electron chi connectivity index (χ4n) is 1.25. The van der Waals surface area contributed by atoms with E-state index in [1.807, 2.05) is 0 Å². The zero-order valence-electron chi connectivity index (χ0n) is 10.1. The molecule has 2 heteroatoms. The topological polar surface area (TPSA) is 21.3 Å². The van der Waals surface area contributed by atoms with Crippen LogP contribution in [0.5, 0.6) is 0 Å². The summed E-state index contributed by atoms with van der Waals surface area (Å²) < 4.78 is 5.54. The van der Waals surface area contributed by atoms with Gasteiger partial charge in [-0.1, -0.05) is 25.5 Å². The second kappa shape index (κ2) is 9.22. The summed E-state index contributed by atoms with van der Waals surface area (Å²) in [5.74, 6) is 0. The van der Waals surface area contributed by atoms with Crippen LogP contribution < -0.4 is 5.32 Å². The van der Waals surface area contributed by atoms with E-state index in [0.717, 1.165) is 26.2 Å². The van der Waals surface area contributed by atoms with Gasteiger partial charge in [-0.15, -0.1) is 0 Å². The van der Waals surface area contributed by atoms with E-state index in [9.17, 15) is 0 Å². The van der Waals surface area contributed by atoms with Crippen molar-refractivity contribution in [1.29, 1.82) is 0 Å². The van der Waals surface area contributed by atoms with Crippen LogP contribution in [0, 0.1) is 0 Å². The molecule has 2 nitrogen and oxygen atoms in total. The number of ether oxygens (including phenoxy) is 1. The van der Waals surface area contributed by atoms with E-state index in [1.165, 1.54) is 12.0 Å². The third kappa shape index (κ3) is 8.27. The molecule has 0 spiro atoms. The molecule has 0 heterocycles. The average molecular weight is 199 g/mol. The van der Waals surface area contributed by atoms with Gasteiger partial charge in [-0.3, -0.25) is 0 Å². The molecular weight excluding hydrogens is 174 g/mol. The number of hydrogen-bond acceptors (Lipinski definition) is 2. The summed E-state index contributed by atoms with van der Waals surface area (Å²) in [5, 5.41) is 3.46. The molecule has 0 fully saturated rings. The predicted molar refractivity (Wildman–Crippen MR) is 62.6 cm³/mol. The molecule has 0 aromatic heterocycles. The Kier molecular flexibility index (Phi) is 9.00. The Morgan fingerprint density at radius 3 is 2.50 bits per heavy atom. The van der Waals surface area contributed by atoms with E-state index in [1.54, 1.807) is 0 Å². The molecule has 0 rings (SSSR count). The van der Waals surface area contributed by atoms with Gasteiger partial charge in [0.2, 0.25) is 0 Å². The molecular formula is C12H25NO. The standard InChI is InChI=1S/C12H25NO/c1-5-7-13-12(9-11(3)4)10-14-8-6-2/h9,12-13H,5-8,10H2,1-4H3. The van der Waals surface area contributed by atoms with Crippen molar-refractivity contribution in [2.75, 3.05) is 19.8 Å². The Labute approximate surface area is 88.7 Å². The van der Waals surface area contributed by atoms with Gasteiger partial charge in [0.25, 0.3) is 0 Å². The fraction of sp³-hybridized carbons (Fsp3) is 0.833. The average Bonchev–Trinajstić information content (AvgIpc) is 2.13. The lowest BCUT2D eigenvalue weighted by molar-refractivity contribution is 0.122. The predicted octanol–water partition coefficient (Wildman–Crippen LogP) is 2.75. The minimum atomic E-state index is 0.381. The van der Waals surface area contributed by atoms with Gasteiger partial charge in [0.1, 0.15) is 0 Å². The molecule has 0 aliphatic rings. The largest absolute Gasteiger partial charge is 0.380 e. The minimum Gasteiger partial charge on any atom is -0.380 e. The number of hydrogen-bond donors (Lipinski definition) is 1. The Morgan fingerprint density at radius 2 is 2.00 bits per heavy atom. The van der Waals surface area contributed by atoms with Crippen LogP contribution in [0.3, 0.4) is 0 Å². The Bertz CT molecular complexity index is 150. The summed E-state index contributed by atoms with van der Waals surface area (Å²) in [6.45, 7) is 11.3. The van der Waals surface area contributed by atoms with Crippen LogP contribution in [0.4, 0.5) is 0 Å². The summed E-state index contributed by atoms with van der Waals surface area (Å²) in [6.07, 6.45) is 4.50. The second-order valence-electron chi connectivity index (χ2n) is 3.88. The van der Waals surface area contributed by atoms with Crippen LogP contribution in [-0.4, -0.2) is 25.8 Å². The first-order valence-electron chi connectivity index (χ1n) is 5.66. The van der Waals surface area contributed by atoms with Crippen molar-refractivity contribution < 1.29 is 4.74 Å². The first kappa shape index (κ1) is 13.7. The van der Waals surface area contributed by atoms with E-state index in [-0.39, 0.29) is 0 Å². The molecule has 0 aliphatic heterocycles. The van der Waals surface area contributed by atoms with Crippen LogP contribution in [0.15, 0.2) is 11.6 Å². The highest BCUT2D eigenvalue weighted by molar-refractivity contribution is 5.01. The van der Waals surface area contributed by atoms with Crippen molar-refractivity contribution in [3.8, 4) is 0 Å². The fourth-order valence-corrected chi connectivity index (χ4v) is 1.25. The van der Waals surface area contributed by atoms with E-state index in [0.29, 0.717) is 6.04 Å². The highest BCUT2D eigenvalue weighted by atomic mass is 16.5. The third-order valence-electron chi connectivity index (χ3n) is 1.84. The van der Waals surface area contributed by atoms with Gasteiger partial charge in [-0.25, -0.2) is 0 Å². The quantitative estimate of drug-likeness (QED) is 0.479. The van der Waals surface area contributed by atoms with Crippen LogP contribution in [0.2, 0.25) is 0 Å². The van der Waals surface area contributed by atoms with E-state index in [2.05, 4.69) is 39.1 Å². The maximum atomic E-state index is 5.54. The monoisotopic (exact) mass is 199 g/mol. The smallest absolute Gasteiger partial charge is 0.0655 e. The first-order chi connectivity index (χ1) is 6.70. The zero-order chi connectivity index (χ0) is 10.8. The van der Waals surface area contributed by atoms with Crippen molar-refractivity contribution >= 4 is 0 Å². The van der Waals surface area contributed by atoms with E-state index < -0.39 is 0 Å². The number of nitrogens with one attached hydrogen (secondary N) is 1. The van der Waals surface area contributed by atoms with Gasteiger partial charge >= 0.3 is 0 Å². The van der Waals surface area contributed by atoms with Crippen molar-refractivity contribution in [3.05, 3.63) is 11.6 Å². The molecule has 0 aliphatic carbocycles. The second-order valence-corrected chi connectivity index (χ2v) is 3.88. The van der Waals surface area contributed by atoms with E-state index in [4.69, 9.17) is 4.74 Å². The van der Waals surface area contributed by atoms with Gasteiger partial charge in [0.15, 0.2) is 0 Å². The molecule has 14 heavy (non-hydrogen) atoms. The third-order valence-corrected chi connectivity index (χ3v) is 1.84. The molecule has 0 aromatic rings. The maximum Gasteiger partial charge on any atom is 0.0655 e. The first-order valence-corrected chi connectivity index (χ1v) is 5.66. The SMILES string of the molecule is CCCNC(C=C(C)C)COCCC. The summed E-state index contributed by atoms with van der Waals surface area (Å²) in [6, 6.07) is 0.381. The summed E-state index contributed by atoms with van der Waals surface area (Å²) in [7, 11) is 0. The normalized spacial score (nSPS) is 12.6. The lowest BCUT2D eigenvalue weighted by Crippen LogP contribution is -2.32. The molecule has 0 amide bonds. The molecule has 1 N–H and O–H groups in total. The Morgan fingerprint density at radius 1 is 1.29 bits per heavy atom. The Hall–Kier alpha value is -0.340. The molecule has 1 atom stereocenters. The molecule has 0 saturated carbocycles. The van der Waals surface area contributed by atoms with Crippen molar-refractivity contribution in [3.63, 3.8) is 0 Å². The van der Waals surface area contributed by atoms with Crippen LogP contribution >= 0.6 is 0 Å². The molecule has 0 aromatic carbocycles. The molecule has 0 radical (unpaired) electrons. The van der Waals surface area contributed by atoms with Gasteiger partial charge in [-0.2, -0.15) is 0 Å². The van der Waals surface area contributed by atoms with Crippen LogP contribution in [0.1, 0.15) is 40.5 Å². The summed E-state index contributed by atoms with van der Waals surface area (Å²) in [4.78, 5) is 0. The van der Waals surface area contributed by atoms with Gasteiger partial charge < -0.3 is 10.1 Å². The molecule has 84 valence electrons. The summed E-state index contributed by atoms with van der Waals surface area (Å²) >= 11 is 0. The number of rotatable bonds is 8. The molecule has 0 saturated heterocycles. The Balaban J connectivity index is 3.79. The maximum absolute atomic E-state index is 5.54. The van der Waals surface area contributed by atoms with Gasteiger partial charge in [-0.05, 0) is 33.2 Å². The van der Waals surface area contributed by atoms with Crippen molar-refractivity contribution in [2.24, 2.45) is 0 Å². The van der Waals surface area contributed by atoms with Gasteiger partial charge in [0.05, 0.1) is 6.61 Å². The summed E-state index contributed by atoms with van der Waals surface area (Å²) in [5.41, 5.74) is 1.35. The van der Waals surface area contributed by atoms with E-state index >= 15 is 0 Å². The van der Waals surface area contributed by atoms with Crippen LogP contribution in [0.25, 0.3) is 0 Å². The highest BCUT2D eigenvalue weighted by Gasteiger charge is 2.03. The minimum absolute atomic E-state index is 0.381. The highest BCUT2D eigenvalue weighted by Crippen LogP contribution is 1.96. The molecule has 1 unspecified atom stereocenters. The lowest BCUT2D eigenvalue weighted by atomic mass is 10.2. The van der Waals surface area contributed by atoms with Crippen LogP contribution in [-0.2, 0) is 4.74 Å². The number of allylic oxidation sites excluding steroid dienone is 1. The van der Waals surface area contributed by atoms with Crippen molar-refractivity contribution in [2.45, 2.75) is 46.6 Å². The lowest BCUT2D eigenvalue weighted by Gasteiger charge is -2.15.